The highest BCUT2D eigenvalue weighted by Crippen LogP contribution is 2.44. The van der Waals surface area contributed by atoms with Gasteiger partial charge in [-0.2, -0.15) is 0 Å². The number of fused-ring (bicyclic) bond motifs is 1. The normalized spacial score (nSPS) is 20.5. The Balaban J connectivity index is 1.62. The van der Waals surface area contributed by atoms with Gasteiger partial charge in [0.15, 0.2) is 5.78 Å². The quantitative estimate of drug-likeness (QED) is 0.386. The summed E-state index contributed by atoms with van der Waals surface area (Å²) < 4.78 is 1.16. The third-order valence-corrected chi connectivity index (χ3v) is 7.06. The Kier molecular flexibility index (Phi) is 5.11. The lowest BCUT2D eigenvalue weighted by molar-refractivity contribution is -0.116. The fourth-order valence-electron chi connectivity index (χ4n) is 4.51. The SMILES string of the molecule is Cc1ccc([C@H]2CC(=O)C3=C(C2)Nc2ccccc2N[C@H]3c2ccccc2I)cc1. The number of allylic oxidation sites excluding steroid dienone is 1. The average Bonchev–Trinajstić information content (AvgIpc) is 2.91. The van der Waals surface area contributed by atoms with E-state index in [1.165, 1.54) is 11.1 Å². The molecule has 0 unspecified atom stereocenters. The van der Waals surface area contributed by atoms with Crippen molar-refractivity contribution in [2.75, 3.05) is 10.6 Å². The zero-order valence-corrected chi connectivity index (χ0v) is 18.9. The molecule has 0 amide bonds. The minimum atomic E-state index is -0.157. The molecule has 0 saturated carbocycles. The molecule has 0 fully saturated rings. The van der Waals surface area contributed by atoms with Gasteiger partial charge in [-0.3, -0.25) is 4.79 Å². The number of hydrogen-bond acceptors (Lipinski definition) is 3. The summed E-state index contributed by atoms with van der Waals surface area (Å²) in [7, 11) is 0. The summed E-state index contributed by atoms with van der Waals surface area (Å²) in [6.07, 6.45) is 1.38. The van der Waals surface area contributed by atoms with Crippen molar-refractivity contribution in [1.29, 1.82) is 0 Å². The molecule has 0 bridgehead atoms. The fraction of sp³-hybridized carbons (Fsp3) is 0.192. The molecule has 1 aliphatic heterocycles. The molecule has 0 saturated heterocycles. The maximum Gasteiger partial charge on any atom is 0.163 e. The second kappa shape index (κ2) is 7.91. The van der Waals surface area contributed by atoms with Crippen LogP contribution in [0.15, 0.2) is 84.1 Å². The minimum Gasteiger partial charge on any atom is -0.372 e. The molecular formula is C26H23IN2O. The second-order valence-electron chi connectivity index (χ2n) is 8.10. The molecule has 3 aromatic carbocycles. The largest absolute Gasteiger partial charge is 0.372 e. The van der Waals surface area contributed by atoms with Crippen LogP contribution in [0.5, 0.6) is 0 Å². The first-order valence-corrected chi connectivity index (χ1v) is 11.4. The molecule has 0 spiro atoms. The Labute approximate surface area is 190 Å². The number of ketones is 1. The minimum absolute atomic E-state index is 0.157. The number of hydrogen-bond donors (Lipinski definition) is 2. The summed E-state index contributed by atoms with van der Waals surface area (Å²) >= 11 is 2.37. The fourth-order valence-corrected chi connectivity index (χ4v) is 5.21. The van der Waals surface area contributed by atoms with Crippen molar-refractivity contribution in [2.24, 2.45) is 0 Å². The Morgan fingerprint density at radius 1 is 0.867 bits per heavy atom. The number of nitrogens with one attached hydrogen (secondary N) is 2. The zero-order valence-electron chi connectivity index (χ0n) is 16.8. The third-order valence-electron chi connectivity index (χ3n) is 6.07. The van der Waals surface area contributed by atoms with Crippen LogP contribution >= 0.6 is 22.6 Å². The molecule has 3 nitrogen and oxygen atoms in total. The van der Waals surface area contributed by atoms with Gasteiger partial charge in [0.2, 0.25) is 0 Å². The highest BCUT2D eigenvalue weighted by Gasteiger charge is 2.36. The topological polar surface area (TPSA) is 41.1 Å². The first-order chi connectivity index (χ1) is 14.6. The average molecular weight is 506 g/mol. The number of carbonyl (C=O) groups is 1. The Morgan fingerprint density at radius 3 is 2.33 bits per heavy atom. The van der Waals surface area contributed by atoms with E-state index in [0.29, 0.717) is 6.42 Å². The first-order valence-electron chi connectivity index (χ1n) is 10.3. The van der Waals surface area contributed by atoms with Crippen molar-refractivity contribution >= 4 is 39.7 Å². The lowest BCUT2D eigenvalue weighted by Gasteiger charge is -2.30. The molecule has 1 aliphatic carbocycles. The molecule has 30 heavy (non-hydrogen) atoms. The van der Waals surface area contributed by atoms with Crippen molar-refractivity contribution in [3.8, 4) is 0 Å². The summed E-state index contributed by atoms with van der Waals surface area (Å²) in [4.78, 5) is 13.5. The van der Waals surface area contributed by atoms with Gasteiger partial charge in [-0.05, 0) is 71.2 Å². The van der Waals surface area contributed by atoms with Crippen LogP contribution in [0.4, 0.5) is 11.4 Å². The standard InChI is InChI=1S/C26H23IN2O/c1-16-10-12-17(13-11-16)18-14-23-25(24(30)15-18)26(19-6-2-3-7-20(19)27)29-22-9-5-4-8-21(22)28-23/h2-13,18,26,28-29H,14-15H2,1H3/t18-,26+/m1/s1. The van der Waals surface area contributed by atoms with E-state index < -0.39 is 0 Å². The zero-order chi connectivity index (χ0) is 20.7. The van der Waals surface area contributed by atoms with E-state index in [0.717, 1.165) is 38.2 Å². The Hall–Kier alpha value is -2.60. The van der Waals surface area contributed by atoms with E-state index >= 15 is 0 Å². The molecular weight excluding hydrogens is 483 g/mol. The van der Waals surface area contributed by atoms with Crippen molar-refractivity contribution < 1.29 is 4.79 Å². The van der Waals surface area contributed by atoms with Gasteiger partial charge in [0.25, 0.3) is 0 Å². The summed E-state index contributed by atoms with van der Waals surface area (Å²) in [6.45, 7) is 2.10. The number of aryl methyl sites for hydroxylation is 1. The van der Waals surface area contributed by atoms with Crippen LogP contribution in [-0.4, -0.2) is 5.78 Å². The van der Waals surface area contributed by atoms with E-state index in [-0.39, 0.29) is 17.7 Å². The van der Waals surface area contributed by atoms with Crippen LogP contribution in [0.2, 0.25) is 0 Å². The molecule has 0 radical (unpaired) electrons. The van der Waals surface area contributed by atoms with Gasteiger partial charge >= 0.3 is 0 Å². The maximum atomic E-state index is 13.5. The molecule has 2 N–H and O–H groups in total. The van der Waals surface area contributed by atoms with Gasteiger partial charge < -0.3 is 10.6 Å². The van der Waals surface area contributed by atoms with Gasteiger partial charge in [-0.1, -0.05) is 60.2 Å². The number of benzene rings is 3. The number of anilines is 2. The van der Waals surface area contributed by atoms with Gasteiger partial charge in [-0.25, -0.2) is 0 Å². The maximum absolute atomic E-state index is 13.5. The lowest BCUT2D eigenvalue weighted by Crippen LogP contribution is -2.27. The Morgan fingerprint density at radius 2 is 1.57 bits per heavy atom. The van der Waals surface area contributed by atoms with E-state index in [1.807, 2.05) is 24.3 Å². The molecule has 4 heteroatoms. The van der Waals surface area contributed by atoms with Crippen molar-refractivity contribution in [1.82, 2.24) is 0 Å². The number of carbonyl (C=O) groups excluding carboxylic acids is 1. The summed E-state index contributed by atoms with van der Waals surface area (Å²) in [5, 5.41) is 7.28. The molecule has 3 aromatic rings. The van der Waals surface area contributed by atoms with Gasteiger partial charge in [-0.15, -0.1) is 0 Å². The smallest absolute Gasteiger partial charge is 0.163 e. The molecule has 0 aromatic heterocycles. The monoisotopic (exact) mass is 506 g/mol. The van der Waals surface area contributed by atoms with Crippen molar-refractivity contribution in [3.05, 3.63) is 104 Å². The molecule has 150 valence electrons. The first kappa shape index (κ1) is 19.4. The molecule has 1 heterocycles. The van der Waals surface area contributed by atoms with Crippen LogP contribution in [0.1, 0.15) is 41.5 Å². The van der Waals surface area contributed by atoms with Gasteiger partial charge in [0, 0.05) is 21.3 Å². The third kappa shape index (κ3) is 3.54. The van der Waals surface area contributed by atoms with E-state index in [9.17, 15) is 4.79 Å². The van der Waals surface area contributed by atoms with Crippen LogP contribution in [-0.2, 0) is 4.79 Å². The van der Waals surface area contributed by atoms with Crippen LogP contribution in [0.3, 0.4) is 0 Å². The Bertz CT molecular complexity index is 1150. The van der Waals surface area contributed by atoms with Crippen LogP contribution < -0.4 is 10.6 Å². The second-order valence-corrected chi connectivity index (χ2v) is 9.26. The van der Waals surface area contributed by atoms with E-state index in [2.05, 4.69) is 88.7 Å². The predicted molar refractivity (Wildman–Crippen MR) is 131 cm³/mol. The molecule has 2 atom stereocenters. The van der Waals surface area contributed by atoms with E-state index in [1.54, 1.807) is 0 Å². The summed E-state index contributed by atoms with van der Waals surface area (Å²) in [5.41, 5.74) is 7.58. The number of para-hydroxylation sites is 2. The highest BCUT2D eigenvalue weighted by molar-refractivity contribution is 14.1. The van der Waals surface area contributed by atoms with Gasteiger partial charge in [0.1, 0.15) is 0 Å². The summed E-state index contributed by atoms with van der Waals surface area (Å²) in [5.74, 6) is 0.421. The van der Waals surface area contributed by atoms with Crippen molar-refractivity contribution in [3.63, 3.8) is 0 Å². The lowest BCUT2D eigenvalue weighted by atomic mass is 9.78. The number of halogens is 1. The van der Waals surface area contributed by atoms with Gasteiger partial charge in [0.05, 0.1) is 17.4 Å². The number of Topliss-reactive ketones (excluding diaryl/α,β-unsaturated/α-hetero) is 1. The predicted octanol–water partition coefficient (Wildman–Crippen LogP) is 6.58. The van der Waals surface area contributed by atoms with E-state index in [4.69, 9.17) is 0 Å². The van der Waals surface area contributed by atoms with Crippen LogP contribution in [0.25, 0.3) is 0 Å². The summed E-state index contributed by atoms with van der Waals surface area (Å²) in [6, 6.07) is 25.0. The molecule has 5 rings (SSSR count). The van der Waals surface area contributed by atoms with Crippen molar-refractivity contribution in [2.45, 2.75) is 31.7 Å². The van der Waals surface area contributed by atoms with Crippen LogP contribution in [0, 0.1) is 10.5 Å². The highest BCUT2D eigenvalue weighted by atomic mass is 127. The number of rotatable bonds is 2. The molecule has 2 aliphatic rings.